The lowest BCUT2D eigenvalue weighted by molar-refractivity contribution is -0.137. The molecule has 9 heteroatoms. The van der Waals surface area contributed by atoms with Gasteiger partial charge < -0.3 is 20.4 Å². The fourth-order valence-electron chi connectivity index (χ4n) is 4.96. The first-order valence-corrected chi connectivity index (χ1v) is 12.7. The van der Waals surface area contributed by atoms with E-state index in [4.69, 9.17) is 23.2 Å². The van der Waals surface area contributed by atoms with Crippen molar-refractivity contribution in [2.24, 2.45) is 11.8 Å². The summed E-state index contributed by atoms with van der Waals surface area (Å²) in [7, 11) is 1.85. The molecule has 4 amide bonds. The van der Waals surface area contributed by atoms with Gasteiger partial charge in [-0.25, -0.2) is 4.79 Å². The van der Waals surface area contributed by atoms with Gasteiger partial charge in [-0.1, -0.05) is 41.4 Å². The number of urea groups is 1. The Hall–Kier alpha value is -2.77. The van der Waals surface area contributed by atoms with Gasteiger partial charge in [0.15, 0.2) is 0 Å². The molecule has 0 aromatic heterocycles. The van der Waals surface area contributed by atoms with Crippen LogP contribution in [0, 0.1) is 11.8 Å². The molecule has 4 rings (SSSR count). The molecule has 2 unspecified atom stereocenters. The van der Waals surface area contributed by atoms with Gasteiger partial charge in [-0.15, -0.1) is 0 Å². The summed E-state index contributed by atoms with van der Waals surface area (Å²) in [5, 5.41) is 6.53. The topological polar surface area (TPSA) is 81.8 Å². The summed E-state index contributed by atoms with van der Waals surface area (Å²) < 4.78 is 0. The van der Waals surface area contributed by atoms with Gasteiger partial charge in [-0.3, -0.25) is 9.59 Å². The fraction of sp³-hybridized carbons (Fsp3) is 0.423. The zero-order chi connectivity index (χ0) is 24.9. The van der Waals surface area contributed by atoms with Crippen molar-refractivity contribution in [3.05, 3.63) is 64.1 Å². The first kappa shape index (κ1) is 25.3. The largest absolute Gasteiger partial charge is 0.346 e. The number of benzene rings is 2. The molecule has 2 aliphatic rings. The third-order valence-corrected chi connectivity index (χ3v) is 7.65. The van der Waals surface area contributed by atoms with Crippen LogP contribution < -0.4 is 10.6 Å². The van der Waals surface area contributed by atoms with Crippen LogP contribution in [0.15, 0.2) is 48.5 Å². The second-order valence-electron chi connectivity index (χ2n) is 9.29. The molecule has 7 nitrogen and oxygen atoms in total. The molecular formula is C26H30Cl2N4O3. The quantitative estimate of drug-likeness (QED) is 0.588. The zero-order valence-corrected chi connectivity index (χ0v) is 21.2. The van der Waals surface area contributed by atoms with Gasteiger partial charge >= 0.3 is 6.03 Å². The van der Waals surface area contributed by atoms with E-state index in [1.807, 2.05) is 7.05 Å². The summed E-state index contributed by atoms with van der Waals surface area (Å²) in [5.41, 5.74) is 1.11. The van der Waals surface area contributed by atoms with Gasteiger partial charge in [0.1, 0.15) is 6.04 Å². The van der Waals surface area contributed by atoms with Crippen molar-refractivity contribution in [2.75, 3.05) is 32.0 Å². The Morgan fingerprint density at radius 3 is 2.26 bits per heavy atom. The molecule has 0 saturated carbocycles. The van der Waals surface area contributed by atoms with Gasteiger partial charge in [0.2, 0.25) is 11.8 Å². The Balaban J connectivity index is 1.43. The van der Waals surface area contributed by atoms with Crippen molar-refractivity contribution in [3.8, 4) is 0 Å². The van der Waals surface area contributed by atoms with Crippen LogP contribution in [0.2, 0.25) is 10.0 Å². The molecule has 2 atom stereocenters. The molecule has 0 spiro atoms. The number of piperidine rings is 2. The van der Waals surface area contributed by atoms with Crippen molar-refractivity contribution in [1.29, 1.82) is 0 Å². The molecule has 2 fully saturated rings. The average Bonchev–Trinajstić information content (AvgIpc) is 2.86. The van der Waals surface area contributed by atoms with Crippen LogP contribution in [0.3, 0.4) is 0 Å². The van der Waals surface area contributed by atoms with E-state index in [0.29, 0.717) is 52.6 Å². The van der Waals surface area contributed by atoms with E-state index in [1.165, 1.54) is 0 Å². The van der Waals surface area contributed by atoms with Crippen molar-refractivity contribution in [3.63, 3.8) is 0 Å². The SMILES string of the molecule is CN1CCC(C2CCN(C(=O)C(NC(=O)Nc3ccc(Cl)cc3)c3ccccc3Cl)CC2)CC1=O. The zero-order valence-electron chi connectivity index (χ0n) is 19.7. The summed E-state index contributed by atoms with van der Waals surface area (Å²) in [6, 6.07) is 12.3. The number of carbonyl (C=O) groups is 3. The number of nitrogens with one attached hydrogen (secondary N) is 2. The van der Waals surface area contributed by atoms with E-state index >= 15 is 0 Å². The monoisotopic (exact) mass is 516 g/mol. The number of hydrogen-bond donors (Lipinski definition) is 2. The smallest absolute Gasteiger partial charge is 0.320 e. The average molecular weight is 517 g/mol. The van der Waals surface area contributed by atoms with Gasteiger partial charge in [-0.2, -0.15) is 0 Å². The normalized spacial score (nSPS) is 19.9. The molecule has 0 bridgehead atoms. The number of hydrogen-bond acceptors (Lipinski definition) is 3. The van der Waals surface area contributed by atoms with Crippen LogP contribution in [0.1, 0.15) is 37.3 Å². The second kappa shape index (κ2) is 11.3. The van der Waals surface area contributed by atoms with E-state index in [0.717, 1.165) is 25.8 Å². The number of halogens is 2. The Morgan fingerprint density at radius 2 is 1.60 bits per heavy atom. The van der Waals surface area contributed by atoms with Gasteiger partial charge in [-0.05, 0) is 61.4 Å². The molecule has 35 heavy (non-hydrogen) atoms. The van der Waals surface area contributed by atoms with E-state index < -0.39 is 12.1 Å². The van der Waals surface area contributed by atoms with Crippen LogP contribution in [0.25, 0.3) is 0 Å². The second-order valence-corrected chi connectivity index (χ2v) is 10.1. The predicted octanol–water partition coefficient (Wildman–Crippen LogP) is 4.96. The standard InChI is InChI=1S/C26H30Cl2N4O3/c1-31-13-10-18(16-23(31)33)17-11-14-32(15-12-17)25(34)24(21-4-2-3-5-22(21)28)30-26(35)29-20-8-6-19(27)7-9-20/h2-9,17-18,24H,10-16H2,1H3,(H2,29,30,35). The third-order valence-electron chi connectivity index (χ3n) is 7.06. The van der Waals surface area contributed by atoms with Crippen molar-refractivity contribution >= 4 is 46.7 Å². The van der Waals surface area contributed by atoms with Crippen molar-refractivity contribution in [1.82, 2.24) is 15.1 Å². The maximum Gasteiger partial charge on any atom is 0.320 e. The highest BCUT2D eigenvalue weighted by atomic mass is 35.5. The predicted molar refractivity (Wildman–Crippen MR) is 137 cm³/mol. The minimum Gasteiger partial charge on any atom is -0.346 e. The van der Waals surface area contributed by atoms with Gasteiger partial charge in [0.05, 0.1) is 0 Å². The lowest BCUT2D eigenvalue weighted by Gasteiger charge is -2.40. The van der Waals surface area contributed by atoms with E-state index in [-0.39, 0.29) is 11.8 Å². The summed E-state index contributed by atoms with van der Waals surface area (Å²) in [6.45, 7) is 1.97. The molecular weight excluding hydrogens is 487 g/mol. The minimum atomic E-state index is -0.919. The first-order valence-electron chi connectivity index (χ1n) is 11.9. The first-order chi connectivity index (χ1) is 16.8. The Labute approximate surface area is 215 Å². The van der Waals surface area contributed by atoms with Crippen LogP contribution in [0.4, 0.5) is 10.5 Å². The summed E-state index contributed by atoms with van der Waals surface area (Å²) >= 11 is 12.3. The Kier molecular flexibility index (Phi) is 8.19. The molecule has 2 aromatic rings. The molecule has 2 aliphatic heterocycles. The molecule has 2 heterocycles. The maximum atomic E-state index is 13.6. The molecule has 2 saturated heterocycles. The number of carbonyl (C=O) groups excluding carboxylic acids is 3. The molecule has 0 aliphatic carbocycles. The summed E-state index contributed by atoms with van der Waals surface area (Å²) in [6.07, 6.45) is 3.29. The molecule has 2 N–H and O–H groups in total. The highest BCUT2D eigenvalue weighted by Crippen LogP contribution is 2.34. The lowest BCUT2D eigenvalue weighted by atomic mass is 9.78. The Bertz CT molecular complexity index is 1070. The van der Waals surface area contributed by atoms with Crippen molar-refractivity contribution < 1.29 is 14.4 Å². The van der Waals surface area contributed by atoms with Gasteiger partial charge in [0.25, 0.3) is 0 Å². The Morgan fingerprint density at radius 1 is 0.943 bits per heavy atom. The third kappa shape index (κ3) is 6.27. The van der Waals surface area contributed by atoms with E-state index in [2.05, 4.69) is 10.6 Å². The lowest BCUT2D eigenvalue weighted by Crippen LogP contribution is -2.48. The number of amides is 4. The highest BCUT2D eigenvalue weighted by molar-refractivity contribution is 6.31. The number of rotatable bonds is 5. The molecule has 186 valence electrons. The van der Waals surface area contributed by atoms with Crippen molar-refractivity contribution in [2.45, 2.75) is 31.7 Å². The van der Waals surface area contributed by atoms with Crippen LogP contribution in [0.5, 0.6) is 0 Å². The van der Waals surface area contributed by atoms with Crippen LogP contribution >= 0.6 is 23.2 Å². The fourth-order valence-corrected chi connectivity index (χ4v) is 5.33. The number of nitrogens with zero attached hydrogens (tertiary/aromatic N) is 2. The van der Waals surface area contributed by atoms with Crippen LogP contribution in [-0.4, -0.2) is 54.3 Å². The molecule has 0 radical (unpaired) electrons. The highest BCUT2D eigenvalue weighted by Gasteiger charge is 2.35. The summed E-state index contributed by atoms with van der Waals surface area (Å²) in [4.78, 5) is 42.1. The summed E-state index contributed by atoms with van der Waals surface area (Å²) in [5.74, 6) is 0.812. The molecule has 2 aromatic carbocycles. The number of anilines is 1. The number of likely N-dealkylation sites (tertiary alicyclic amines) is 2. The maximum absolute atomic E-state index is 13.6. The van der Waals surface area contributed by atoms with E-state index in [9.17, 15) is 14.4 Å². The van der Waals surface area contributed by atoms with Gasteiger partial charge in [0, 0.05) is 54.4 Å². The minimum absolute atomic E-state index is 0.192. The van der Waals surface area contributed by atoms with Crippen LogP contribution in [-0.2, 0) is 9.59 Å². The van der Waals surface area contributed by atoms with E-state index in [1.54, 1.807) is 58.3 Å².